The van der Waals surface area contributed by atoms with E-state index in [0.29, 0.717) is 11.3 Å². The van der Waals surface area contributed by atoms with E-state index >= 15 is 0 Å². The van der Waals surface area contributed by atoms with Crippen LogP contribution in [0, 0.1) is 13.8 Å². The molecule has 116 valence electrons. The lowest BCUT2D eigenvalue weighted by Crippen LogP contribution is -2.42. The van der Waals surface area contributed by atoms with E-state index in [1.807, 2.05) is 6.92 Å². The first-order valence-electron chi connectivity index (χ1n) is 6.67. The van der Waals surface area contributed by atoms with Crippen molar-refractivity contribution in [2.75, 3.05) is 10.8 Å². The van der Waals surface area contributed by atoms with Crippen LogP contribution in [0.1, 0.15) is 11.1 Å². The first-order chi connectivity index (χ1) is 10.3. The standard InChI is InChI=1S/C16H17NO4S/c1-12-7-9-14(10-8-12)22(20,21)17(11-16(18)19)15-6-4-3-5-13(15)2/h3-10H,11H2,1-2H3,(H,18,19)/p-1. The molecule has 0 saturated carbocycles. The van der Waals surface area contributed by atoms with Gasteiger partial charge in [-0.05, 0) is 37.6 Å². The number of sulfonamides is 1. The number of rotatable bonds is 5. The topological polar surface area (TPSA) is 77.5 Å². The van der Waals surface area contributed by atoms with Crippen molar-refractivity contribution < 1.29 is 18.3 Å². The number of para-hydroxylation sites is 1. The summed E-state index contributed by atoms with van der Waals surface area (Å²) in [5.74, 6) is -1.46. The average Bonchev–Trinajstić information content (AvgIpc) is 2.46. The average molecular weight is 318 g/mol. The number of aryl methyl sites for hydroxylation is 2. The number of carboxylic acids is 1. The van der Waals surface area contributed by atoms with Crippen LogP contribution in [-0.4, -0.2) is 20.9 Å². The summed E-state index contributed by atoms with van der Waals surface area (Å²) in [6.45, 7) is 2.83. The van der Waals surface area contributed by atoms with Gasteiger partial charge >= 0.3 is 0 Å². The maximum atomic E-state index is 12.8. The fourth-order valence-electron chi connectivity index (χ4n) is 2.10. The Morgan fingerprint density at radius 3 is 2.18 bits per heavy atom. The highest BCUT2D eigenvalue weighted by Crippen LogP contribution is 2.26. The van der Waals surface area contributed by atoms with Crippen LogP contribution in [0.3, 0.4) is 0 Å². The molecule has 22 heavy (non-hydrogen) atoms. The van der Waals surface area contributed by atoms with Crippen molar-refractivity contribution in [2.45, 2.75) is 18.7 Å². The summed E-state index contributed by atoms with van der Waals surface area (Å²) in [4.78, 5) is 11.1. The van der Waals surface area contributed by atoms with Crippen LogP contribution in [0.4, 0.5) is 5.69 Å². The Hall–Kier alpha value is -2.34. The van der Waals surface area contributed by atoms with Crippen LogP contribution >= 0.6 is 0 Å². The Kier molecular flexibility index (Phi) is 4.51. The molecule has 0 atom stereocenters. The first-order valence-corrected chi connectivity index (χ1v) is 8.11. The number of benzene rings is 2. The minimum Gasteiger partial charge on any atom is -0.548 e. The van der Waals surface area contributed by atoms with Crippen LogP contribution in [0.15, 0.2) is 53.4 Å². The monoisotopic (exact) mass is 318 g/mol. The number of carbonyl (C=O) groups excluding carboxylic acids is 1. The maximum Gasteiger partial charge on any atom is 0.264 e. The fourth-order valence-corrected chi connectivity index (χ4v) is 3.57. The third kappa shape index (κ3) is 3.28. The number of carbonyl (C=O) groups is 1. The summed E-state index contributed by atoms with van der Waals surface area (Å²) in [7, 11) is -3.98. The van der Waals surface area contributed by atoms with E-state index in [1.165, 1.54) is 12.1 Å². The van der Waals surface area contributed by atoms with Gasteiger partial charge in [0.25, 0.3) is 10.0 Å². The molecule has 0 aliphatic rings. The normalized spacial score (nSPS) is 11.2. The van der Waals surface area contributed by atoms with Gasteiger partial charge in [-0.3, -0.25) is 4.31 Å². The molecule has 0 spiro atoms. The molecule has 6 heteroatoms. The third-order valence-electron chi connectivity index (χ3n) is 3.27. The molecule has 5 nitrogen and oxygen atoms in total. The summed E-state index contributed by atoms with van der Waals surface area (Å²) in [6.07, 6.45) is 0. The molecule has 0 radical (unpaired) electrons. The number of hydrogen-bond donors (Lipinski definition) is 0. The summed E-state index contributed by atoms with van der Waals surface area (Å²) in [6, 6.07) is 13.0. The molecule has 2 aromatic carbocycles. The number of carboxylic acid groups (broad SMARTS) is 1. The van der Waals surface area contributed by atoms with Crippen LogP contribution in [-0.2, 0) is 14.8 Å². The zero-order chi connectivity index (χ0) is 16.3. The predicted octanol–water partition coefficient (Wildman–Crippen LogP) is 1.25. The van der Waals surface area contributed by atoms with Gasteiger partial charge in [0.05, 0.1) is 23.1 Å². The molecule has 2 rings (SSSR count). The van der Waals surface area contributed by atoms with Crippen LogP contribution in [0.5, 0.6) is 0 Å². The van der Waals surface area contributed by atoms with Crippen molar-refractivity contribution in [3.63, 3.8) is 0 Å². The molecular formula is C16H16NO4S-. The molecule has 0 N–H and O–H groups in total. The Morgan fingerprint density at radius 2 is 1.64 bits per heavy atom. The third-order valence-corrected chi connectivity index (χ3v) is 5.04. The molecule has 0 heterocycles. The molecule has 0 bridgehead atoms. The molecule has 0 fully saturated rings. The minimum atomic E-state index is -3.98. The molecule has 0 saturated heterocycles. The van der Waals surface area contributed by atoms with Gasteiger partial charge in [0, 0.05) is 0 Å². The van der Waals surface area contributed by atoms with Gasteiger partial charge in [0.1, 0.15) is 0 Å². The Balaban J connectivity index is 2.56. The van der Waals surface area contributed by atoms with E-state index in [9.17, 15) is 18.3 Å². The summed E-state index contributed by atoms with van der Waals surface area (Å²) >= 11 is 0. The largest absolute Gasteiger partial charge is 0.548 e. The van der Waals surface area contributed by atoms with Crippen molar-refractivity contribution in [3.8, 4) is 0 Å². The highest BCUT2D eigenvalue weighted by Gasteiger charge is 2.25. The van der Waals surface area contributed by atoms with Gasteiger partial charge in [-0.1, -0.05) is 35.9 Å². The zero-order valence-electron chi connectivity index (χ0n) is 12.3. The van der Waals surface area contributed by atoms with E-state index in [1.54, 1.807) is 43.3 Å². The lowest BCUT2D eigenvalue weighted by molar-refractivity contribution is -0.303. The highest BCUT2D eigenvalue weighted by atomic mass is 32.2. The van der Waals surface area contributed by atoms with Gasteiger partial charge < -0.3 is 9.90 Å². The van der Waals surface area contributed by atoms with Gasteiger partial charge in [-0.25, -0.2) is 8.42 Å². The van der Waals surface area contributed by atoms with E-state index < -0.39 is 22.5 Å². The molecule has 2 aromatic rings. The van der Waals surface area contributed by atoms with Crippen LogP contribution in [0.2, 0.25) is 0 Å². The summed E-state index contributed by atoms with van der Waals surface area (Å²) in [5.41, 5.74) is 1.91. The summed E-state index contributed by atoms with van der Waals surface area (Å²) in [5, 5.41) is 11.0. The lowest BCUT2D eigenvalue weighted by Gasteiger charge is -2.26. The van der Waals surface area contributed by atoms with E-state index in [-0.39, 0.29) is 4.90 Å². The first kappa shape index (κ1) is 16.0. The maximum absolute atomic E-state index is 12.8. The van der Waals surface area contributed by atoms with Gasteiger partial charge in [0.15, 0.2) is 0 Å². The fraction of sp³-hybridized carbons (Fsp3) is 0.188. The minimum absolute atomic E-state index is 0.0441. The van der Waals surface area contributed by atoms with Gasteiger partial charge in [0.2, 0.25) is 0 Å². The van der Waals surface area contributed by atoms with Crippen LogP contribution < -0.4 is 9.41 Å². The Bertz CT molecular complexity index is 782. The van der Waals surface area contributed by atoms with Crippen molar-refractivity contribution in [1.29, 1.82) is 0 Å². The molecule has 0 amide bonds. The number of anilines is 1. The van der Waals surface area contributed by atoms with Gasteiger partial charge in [-0.15, -0.1) is 0 Å². The quantitative estimate of drug-likeness (QED) is 0.831. The van der Waals surface area contributed by atoms with E-state index in [0.717, 1.165) is 9.87 Å². The molecular weight excluding hydrogens is 302 g/mol. The van der Waals surface area contributed by atoms with E-state index in [4.69, 9.17) is 0 Å². The Labute approximate surface area is 129 Å². The number of hydrogen-bond acceptors (Lipinski definition) is 4. The SMILES string of the molecule is Cc1ccc(S(=O)(=O)N(CC(=O)[O-])c2ccccc2C)cc1. The van der Waals surface area contributed by atoms with Crippen molar-refractivity contribution >= 4 is 21.7 Å². The second kappa shape index (κ2) is 6.19. The number of nitrogens with zero attached hydrogens (tertiary/aromatic N) is 1. The smallest absolute Gasteiger partial charge is 0.264 e. The van der Waals surface area contributed by atoms with Crippen molar-refractivity contribution in [3.05, 3.63) is 59.7 Å². The van der Waals surface area contributed by atoms with Crippen LogP contribution in [0.25, 0.3) is 0 Å². The molecule has 0 aliphatic carbocycles. The zero-order valence-corrected chi connectivity index (χ0v) is 13.1. The lowest BCUT2D eigenvalue weighted by atomic mass is 10.2. The predicted molar refractivity (Wildman–Crippen MR) is 81.9 cm³/mol. The molecule has 0 unspecified atom stereocenters. The van der Waals surface area contributed by atoms with E-state index in [2.05, 4.69) is 0 Å². The summed E-state index contributed by atoms with van der Waals surface area (Å²) < 4.78 is 26.4. The Morgan fingerprint density at radius 1 is 1.05 bits per heavy atom. The second-order valence-corrected chi connectivity index (χ2v) is 6.85. The second-order valence-electron chi connectivity index (χ2n) is 4.98. The highest BCUT2D eigenvalue weighted by molar-refractivity contribution is 7.92. The molecule has 0 aromatic heterocycles. The van der Waals surface area contributed by atoms with Crippen molar-refractivity contribution in [1.82, 2.24) is 0 Å². The molecule has 0 aliphatic heterocycles. The van der Waals surface area contributed by atoms with Crippen molar-refractivity contribution in [2.24, 2.45) is 0 Å². The van der Waals surface area contributed by atoms with Gasteiger partial charge in [-0.2, -0.15) is 0 Å². The number of aliphatic carboxylic acids is 1.